The zero-order chi connectivity index (χ0) is 14.2. The molecule has 0 aromatic carbocycles. The molecule has 0 heterocycles. The minimum absolute atomic E-state index is 0.0540. The van der Waals surface area contributed by atoms with Gasteiger partial charge in [0.25, 0.3) is 0 Å². The van der Waals surface area contributed by atoms with Crippen LogP contribution < -0.4 is 5.32 Å². The Balaban J connectivity index is 3.99. The molecule has 0 bridgehead atoms. The van der Waals surface area contributed by atoms with Crippen molar-refractivity contribution in [3.63, 3.8) is 0 Å². The molecular formula is C12H25F3N2O. The van der Waals surface area contributed by atoms with Gasteiger partial charge in [-0.05, 0) is 25.4 Å². The molecule has 1 unspecified atom stereocenters. The first-order valence-corrected chi connectivity index (χ1v) is 6.42. The van der Waals surface area contributed by atoms with Gasteiger partial charge < -0.3 is 10.4 Å². The quantitative estimate of drug-likeness (QED) is 0.671. The second kappa shape index (κ2) is 8.72. The fourth-order valence-electron chi connectivity index (χ4n) is 1.71. The van der Waals surface area contributed by atoms with Gasteiger partial charge in [-0.3, -0.25) is 4.90 Å². The Morgan fingerprint density at radius 1 is 1.22 bits per heavy atom. The third kappa shape index (κ3) is 10.8. The predicted octanol–water partition coefficient (Wildman–Crippen LogP) is 1.87. The molecule has 0 saturated heterocycles. The molecule has 0 aliphatic rings. The van der Waals surface area contributed by atoms with Crippen LogP contribution in [0.15, 0.2) is 0 Å². The molecule has 0 amide bonds. The molecule has 0 aliphatic heterocycles. The summed E-state index contributed by atoms with van der Waals surface area (Å²) in [6.45, 7) is 6.42. The monoisotopic (exact) mass is 270 g/mol. The number of hydrogen-bond donors (Lipinski definition) is 2. The number of aliphatic hydroxyl groups excluding tert-OH is 1. The van der Waals surface area contributed by atoms with Crippen molar-refractivity contribution in [1.82, 2.24) is 10.2 Å². The van der Waals surface area contributed by atoms with Crippen LogP contribution in [0.3, 0.4) is 0 Å². The Morgan fingerprint density at radius 3 is 2.28 bits per heavy atom. The molecule has 0 rings (SSSR count). The Kier molecular flexibility index (Phi) is 8.56. The molecule has 6 heteroatoms. The van der Waals surface area contributed by atoms with Gasteiger partial charge >= 0.3 is 6.18 Å². The maximum absolute atomic E-state index is 12.3. The Labute approximate surface area is 107 Å². The van der Waals surface area contributed by atoms with Crippen LogP contribution in [-0.2, 0) is 0 Å². The second-order valence-corrected chi connectivity index (χ2v) is 5.06. The van der Waals surface area contributed by atoms with Crippen LogP contribution in [-0.4, -0.2) is 55.0 Å². The summed E-state index contributed by atoms with van der Waals surface area (Å²) in [4.78, 5) is 1.25. The van der Waals surface area contributed by atoms with Gasteiger partial charge in [-0.2, -0.15) is 13.2 Å². The molecule has 0 aromatic rings. The van der Waals surface area contributed by atoms with Gasteiger partial charge in [-0.1, -0.05) is 20.8 Å². The van der Waals surface area contributed by atoms with E-state index in [4.69, 9.17) is 0 Å². The van der Waals surface area contributed by atoms with Gasteiger partial charge in [0.15, 0.2) is 0 Å². The lowest BCUT2D eigenvalue weighted by molar-refractivity contribution is -0.148. The van der Waals surface area contributed by atoms with Crippen LogP contribution >= 0.6 is 0 Å². The van der Waals surface area contributed by atoms with Crippen molar-refractivity contribution in [3.05, 3.63) is 0 Å². The highest BCUT2D eigenvalue weighted by atomic mass is 19.4. The molecular weight excluding hydrogens is 245 g/mol. The van der Waals surface area contributed by atoms with E-state index in [0.717, 1.165) is 6.54 Å². The summed E-state index contributed by atoms with van der Waals surface area (Å²) in [5, 5.41) is 12.7. The standard InChI is InChI=1S/C12H25F3N2O/c1-4-5-17(9-12(13,14)15)8-11(18)7-16-6-10(2)3/h10-11,16,18H,4-9H2,1-3H3. The van der Waals surface area contributed by atoms with Crippen LogP contribution in [0.4, 0.5) is 13.2 Å². The zero-order valence-corrected chi connectivity index (χ0v) is 11.4. The molecule has 0 aromatic heterocycles. The van der Waals surface area contributed by atoms with Crippen molar-refractivity contribution in [2.45, 2.75) is 39.5 Å². The summed E-state index contributed by atoms with van der Waals surface area (Å²) in [7, 11) is 0. The van der Waals surface area contributed by atoms with Gasteiger partial charge in [-0.25, -0.2) is 0 Å². The van der Waals surface area contributed by atoms with E-state index in [-0.39, 0.29) is 6.54 Å². The van der Waals surface area contributed by atoms with Crippen molar-refractivity contribution in [1.29, 1.82) is 0 Å². The van der Waals surface area contributed by atoms with Crippen LogP contribution in [0.25, 0.3) is 0 Å². The molecule has 3 nitrogen and oxygen atoms in total. The number of nitrogens with one attached hydrogen (secondary N) is 1. The van der Waals surface area contributed by atoms with Gasteiger partial charge in [0, 0.05) is 13.1 Å². The lowest BCUT2D eigenvalue weighted by Gasteiger charge is -2.25. The normalized spacial score (nSPS) is 14.5. The molecule has 0 spiro atoms. The maximum Gasteiger partial charge on any atom is 0.401 e. The number of aliphatic hydroxyl groups is 1. The number of alkyl halides is 3. The number of hydrogen-bond acceptors (Lipinski definition) is 3. The largest absolute Gasteiger partial charge is 0.401 e. The third-order valence-corrected chi connectivity index (χ3v) is 2.34. The summed E-state index contributed by atoms with van der Waals surface area (Å²) < 4.78 is 36.9. The summed E-state index contributed by atoms with van der Waals surface area (Å²) in [6, 6.07) is 0. The molecule has 110 valence electrons. The number of rotatable bonds is 9. The molecule has 2 N–H and O–H groups in total. The number of halogens is 3. The fraction of sp³-hybridized carbons (Fsp3) is 1.00. The summed E-state index contributed by atoms with van der Waals surface area (Å²) in [5.41, 5.74) is 0. The van der Waals surface area contributed by atoms with Crippen molar-refractivity contribution in [2.75, 3.05) is 32.7 Å². The van der Waals surface area contributed by atoms with E-state index >= 15 is 0 Å². The van der Waals surface area contributed by atoms with E-state index in [0.29, 0.717) is 25.4 Å². The second-order valence-electron chi connectivity index (χ2n) is 5.06. The van der Waals surface area contributed by atoms with Crippen molar-refractivity contribution in [3.8, 4) is 0 Å². The smallest absolute Gasteiger partial charge is 0.390 e. The van der Waals surface area contributed by atoms with Crippen molar-refractivity contribution >= 4 is 0 Å². The van der Waals surface area contributed by atoms with E-state index in [1.807, 2.05) is 20.8 Å². The zero-order valence-electron chi connectivity index (χ0n) is 11.4. The fourth-order valence-corrected chi connectivity index (χ4v) is 1.71. The molecule has 18 heavy (non-hydrogen) atoms. The van der Waals surface area contributed by atoms with Crippen LogP contribution in [0.5, 0.6) is 0 Å². The van der Waals surface area contributed by atoms with E-state index < -0.39 is 18.8 Å². The minimum atomic E-state index is -4.21. The van der Waals surface area contributed by atoms with E-state index in [1.54, 1.807) is 0 Å². The highest BCUT2D eigenvalue weighted by Gasteiger charge is 2.30. The van der Waals surface area contributed by atoms with Gasteiger partial charge in [-0.15, -0.1) is 0 Å². The first kappa shape index (κ1) is 17.7. The highest BCUT2D eigenvalue weighted by Crippen LogP contribution is 2.16. The van der Waals surface area contributed by atoms with E-state index in [9.17, 15) is 18.3 Å². The summed E-state index contributed by atoms with van der Waals surface area (Å²) in [6.07, 6.45) is -4.33. The third-order valence-electron chi connectivity index (χ3n) is 2.34. The summed E-state index contributed by atoms with van der Waals surface area (Å²) in [5.74, 6) is 0.458. The Bertz CT molecular complexity index is 210. The average Bonchev–Trinajstić information content (AvgIpc) is 2.14. The molecule has 1 atom stereocenters. The first-order valence-electron chi connectivity index (χ1n) is 6.42. The molecule has 0 fully saturated rings. The van der Waals surface area contributed by atoms with Crippen molar-refractivity contribution in [2.24, 2.45) is 5.92 Å². The maximum atomic E-state index is 12.3. The first-order chi connectivity index (χ1) is 8.24. The topological polar surface area (TPSA) is 35.5 Å². The van der Waals surface area contributed by atoms with Crippen LogP contribution in [0, 0.1) is 5.92 Å². The minimum Gasteiger partial charge on any atom is -0.390 e. The molecule has 0 aliphatic carbocycles. The lowest BCUT2D eigenvalue weighted by Crippen LogP contribution is -2.43. The lowest BCUT2D eigenvalue weighted by atomic mass is 10.2. The predicted molar refractivity (Wildman–Crippen MR) is 66.5 cm³/mol. The average molecular weight is 270 g/mol. The number of nitrogens with zero attached hydrogens (tertiary/aromatic N) is 1. The van der Waals surface area contributed by atoms with Crippen molar-refractivity contribution < 1.29 is 18.3 Å². The Morgan fingerprint density at radius 2 is 1.83 bits per heavy atom. The van der Waals surface area contributed by atoms with Crippen LogP contribution in [0.2, 0.25) is 0 Å². The van der Waals surface area contributed by atoms with Gasteiger partial charge in [0.2, 0.25) is 0 Å². The van der Waals surface area contributed by atoms with Crippen LogP contribution in [0.1, 0.15) is 27.2 Å². The highest BCUT2D eigenvalue weighted by molar-refractivity contribution is 4.70. The van der Waals surface area contributed by atoms with Gasteiger partial charge in [0.1, 0.15) is 0 Å². The van der Waals surface area contributed by atoms with E-state index in [1.165, 1.54) is 4.90 Å². The van der Waals surface area contributed by atoms with Gasteiger partial charge in [0.05, 0.1) is 12.6 Å². The molecule has 0 radical (unpaired) electrons. The SMILES string of the molecule is CCCN(CC(O)CNCC(C)C)CC(F)(F)F. The van der Waals surface area contributed by atoms with E-state index in [2.05, 4.69) is 5.32 Å². The summed E-state index contributed by atoms with van der Waals surface area (Å²) >= 11 is 0. The molecule has 0 saturated carbocycles. The Hall–Kier alpha value is -0.330.